The molecule has 1 atom stereocenters. The zero-order valence-corrected chi connectivity index (χ0v) is 11.9. The van der Waals surface area contributed by atoms with Gasteiger partial charge in [0.15, 0.2) is 0 Å². The number of piperidine rings is 1. The van der Waals surface area contributed by atoms with Crippen molar-refractivity contribution >= 4 is 30.1 Å². The van der Waals surface area contributed by atoms with Crippen LogP contribution < -0.4 is 10.6 Å². The number of carbonyl (C=O) groups is 1. The molecule has 2 heterocycles. The van der Waals surface area contributed by atoms with Crippen LogP contribution in [-0.4, -0.2) is 36.5 Å². The van der Waals surface area contributed by atoms with Gasteiger partial charge in [-0.15, -0.1) is 12.4 Å². The SMILES string of the molecule is Cl.O=C(NCC1CCSCC1)C1CCCCN1. The van der Waals surface area contributed by atoms with Gasteiger partial charge in [0, 0.05) is 6.54 Å². The number of halogens is 1. The first-order chi connectivity index (χ1) is 7.86. The Morgan fingerprint density at radius 2 is 2.00 bits per heavy atom. The lowest BCUT2D eigenvalue weighted by Gasteiger charge is -2.25. The smallest absolute Gasteiger partial charge is 0.237 e. The first-order valence-corrected chi connectivity index (χ1v) is 7.60. The summed E-state index contributed by atoms with van der Waals surface area (Å²) in [6, 6.07) is 0.0757. The third-order valence-electron chi connectivity index (χ3n) is 3.53. The van der Waals surface area contributed by atoms with Gasteiger partial charge in [-0.1, -0.05) is 6.42 Å². The molecule has 0 aliphatic carbocycles. The van der Waals surface area contributed by atoms with Crippen molar-refractivity contribution in [2.24, 2.45) is 5.92 Å². The highest BCUT2D eigenvalue weighted by atomic mass is 35.5. The molecule has 0 aromatic rings. The molecule has 1 unspecified atom stereocenters. The molecule has 2 rings (SSSR count). The van der Waals surface area contributed by atoms with Gasteiger partial charge in [0.05, 0.1) is 6.04 Å². The Morgan fingerprint density at radius 3 is 2.65 bits per heavy atom. The third kappa shape index (κ3) is 5.06. The molecule has 0 spiro atoms. The van der Waals surface area contributed by atoms with Gasteiger partial charge in [0.2, 0.25) is 5.91 Å². The zero-order chi connectivity index (χ0) is 11.2. The van der Waals surface area contributed by atoms with Gasteiger partial charge in [-0.25, -0.2) is 0 Å². The Balaban J connectivity index is 0.00000144. The second-order valence-corrected chi connectivity index (χ2v) is 6.03. The first kappa shape index (κ1) is 15.1. The summed E-state index contributed by atoms with van der Waals surface area (Å²) in [6.45, 7) is 1.88. The van der Waals surface area contributed by atoms with Crippen LogP contribution >= 0.6 is 24.2 Å². The van der Waals surface area contributed by atoms with E-state index < -0.39 is 0 Å². The fourth-order valence-corrected chi connectivity index (χ4v) is 3.60. The quantitative estimate of drug-likeness (QED) is 0.827. The van der Waals surface area contributed by atoms with E-state index in [1.165, 1.54) is 37.2 Å². The number of carbonyl (C=O) groups excluding carboxylic acids is 1. The third-order valence-corrected chi connectivity index (χ3v) is 4.58. The van der Waals surface area contributed by atoms with E-state index in [1.807, 2.05) is 11.8 Å². The Hall–Kier alpha value is 0.0700. The van der Waals surface area contributed by atoms with Crippen LogP contribution in [0.15, 0.2) is 0 Å². The Kier molecular flexibility index (Phi) is 7.32. The van der Waals surface area contributed by atoms with Crippen LogP contribution in [0.2, 0.25) is 0 Å². The van der Waals surface area contributed by atoms with E-state index in [0.717, 1.165) is 19.5 Å². The van der Waals surface area contributed by atoms with Gasteiger partial charge < -0.3 is 10.6 Å². The fraction of sp³-hybridized carbons (Fsp3) is 0.917. The van der Waals surface area contributed by atoms with Crippen LogP contribution in [0, 0.1) is 5.92 Å². The van der Waals surface area contributed by atoms with Gasteiger partial charge in [0.25, 0.3) is 0 Å². The molecule has 100 valence electrons. The number of hydrogen-bond donors (Lipinski definition) is 2. The second kappa shape index (κ2) is 8.22. The van der Waals surface area contributed by atoms with Crippen LogP contribution in [0.25, 0.3) is 0 Å². The normalized spacial score (nSPS) is 26.0. The first-order valence-electron chi connectivity index (χ1n) is 6.45. The molecule has 0 radical (unpaired) electrons. The van der Waals surface area contributed by atoms with E-state index >= 15 is 0 Å². The maximum absolute atomic E-state index is 11.9. The minimum atomic E-state index is 0. The molecule has 2 aliphatic rings. The molecule has 2 saturated heterocycles. The van der Waals surface area contributed by atoms with Crippen molar-refractivity contribution in [1.29, 1.82) is 0 Å². The zero-order valence-electron chi connectivity index (χ0n) is 10.2. The Bertz CT molecular complexity index is 229. The summed E-state index contributed by atoms with van der Waals surface area (Å²) in [4.78, 5) is 11.9. The van der Waals surface area contributed by atoms with Crippen molar-refractivity contribution in [1.82, 2.24) is 10.6 Å². The maximum atomic E-state index is 11.9. The van der Waals surface area contributed by atoms with Gasteiger partial charge >= 0.3 is 0 Å². The average Bonchev–Trinajstić information content (AvgIpc) is 2.38. The monoisotopic (exact) mass is 278 g/mol. The van der Waals surface area contributed by atoms with Gasteiger partial charge in [-0.3, -0.25) is 4.79 Å². The molecule has 17 heavy (non-hydrogen) atoms. The van der Waals surface area contributed by atoms with E-state index in [9.17, 15) is 4.79 Å². The highest BCUT2D eigenvalue weighted by Crippen LogP contribution is 2.21. The molecular formula is C12H23ClN2OS. The average molecular weight is 279 g/mol. The van der Waals surface area contributed by atoms with Crippen molar-refractivity contribution in [2.45, 2.75) is 38.1 Å². The number of thioether (sulfide) groups is 1. The number of hydrogen-bond acceptors (Lipinski definition) is 3. The van der Waals surface area contributed by atoms with E-state index in [1.54, 1.807) is 0 Å². The second-order valence-electron chi connectivity index (χ2n) is 4.80. The summed E-state index contributed by atoms with van der Waals surface area (Å²) < 4.78 is 0. The molecule has 3 nitrogen and oxygen atoms in total. The Labute approximate surface area is 114 Å². The predicted molar refractivity (Wildman–Crippen MR) is 75.9 cm³/mol. The summed E-state index contributed by atoms with van der Waals surface area (Å²) in [7, 11) is 0. The highest BCUT2D eigenvalue weighted by molar-refractivity contribution is 7.99. The largest absolute Gasteiger partial charge is 0.354 e. The molecule has 2 fully saturated rings. The van der Waals surface area contributed by atoms with Gasteiger partial charge in [-0.05, 0) is 49.7 Å². The van der Waals surface area contributed by atoms with Gasteiger partial charge in [0.1, 0.15) is 0 Å². The maximum Gasteiger partial charge on any atom is 0.237 e. The summed E-state index contributed by atoms with van der Waals surface area (Å²) in [6.07, 6.45) is 5.94. The molecule has 2 N–H and O–H groups in total. The van der Waals surface area contributed by atoms with Crippen LogP contribution in [0.4, 0.5) is 0 Å². The van der Waals surface area contributed by atoms with E-state index in [-0.39, 0.29) is 24.4 Å². The molecule has 1 amide bonds. The number of amides is 1. The number of nitrogens with one attached hydrogen (secondary N) is 2. The molecule has 0 aromatic heterocycles. The molecule has 0 aromatic carbocycles. The fourth-order valence-electron chi connectivity index (χ4n) is 2.39. The number of rotatable bonds is 3. The van der Waals surface area contributed by atoms with Crippen LogP contribution in [0.3, 0.4) is 0 Å². The minimum Gasteiger partial charge on any atom is -0.354 e. The van der Waals surface area contributed by atoms with Crippen molar-refractivity contribution in [3.05, 3.63) is 0 Å². The van der Waals surface area contributed by atoms with E-state index in [4.69, 9.17) is 0 Å². The molecule has 0 saturated carbocycles. The van der Waals surface area contributed by atoms with Crippen molar-refractivity contribution in [3.8, 4) is 0 Å². The predicted octanol–water partition coefficient (Wildman–Crippen LogP) is 1.81. The van der Waals surface area contributed by atoms with E-state index in [0.29, 0.717) is 5.92 Å². The van der Waals surface area contributed by atoms with Crippen molar-refractivity contribution in [2.75, 3.05) is 24.6 Å². The summed E-state index contributed by atoms with van der Waals surface area (Å²) in [5.41, 5.74) is 0. The summed E-state index contributed by atoms with van der Waals surface area (Å²) in [5.74, 6) is 3.47. The minimum absolute atomic E-state index is 0. The molecule has 2 aliphatic heterocycles. The molecule has 5 heteroatoms. The van der Waals surface area contributed by atoms with Crippen LogP contribution in [0.1, 0.15) is 32.1 Å². The van der Waals surface area contributed by atoms with Crippen molar-refractivity contribution in [3.63, 3.8) is 0 Å². The molecule has 0 bridgehead atoms. The lowest BCUT2D eigenvalue weighted by atomic mass is 10.0. The Morgan fingerprint density at radius 1 is 1.24 bits per heavy atom. The van der Waals surface area contributed by atoms with Crippen LogP contribution in [-0.2, 0) is 4.79 Å². The summed E-state index contributed by atoms with van der Waals surface area (Å²) in [5, 5.41) is 6.40. The van der Waals surface area contributed by atoms with Gasteiger partial charge in [-0.2, -0.15) is 11.8 Å². The van der Waals surface area contributed by atoms with E-state index in [2.05, 4.69) is 10.6 Å². The van der Waals surface area contributed by atoms with Crippen molar-refractivity contribution < 1.29 is 4.79 Å². The molecular weight excluding hydrogens is 256 g/mol. The topological polar surface area (TPSA) is 41.1 Å². The lowest BCUT2D eigenvalue weighted by Crippen LogP contribution is -2.47. The van der Waals surface area contributed by atoms with Crippen LogP contribution in [0.5, 0.6) is 0 Å². The highest BCUT2D eigenvalue weighted by Gasteiger charge is 2.21. The lowest BCUT2D eigenvalue weighted by molar-refractivity contribution is -0.123. The summed E-state index contributed by atoms with van der Waals surface area (Å²) >= 11 is 2.04. The standard InChI is InChI=1S/C12H22N2OS.ClH/c15-12(11-3-1-2-6-13-11)14-9-10-4-7-16-8-5-10;/h10-11,13H,1-9H2,(H,14,15);1H.